The van der Waals surface area contributed by atoms with Crippen LogP contribution in [0.25, 0.3) is 0 Å². The second kappa shape index (κ2) is 5.05. The topological polar surface area (TPSA) is 3.24 Å². The first-order valence-corrected chi connectivity index (χ1v) is 7.31. The van der Waals surface area contributed by atoms with Gasteiger partial charge in [-0.1, -0.05) is 32.0 Å². The highest BCUT2D eigenvalue weighted by atomic mass is 15.2. The van der Waals surface area contributed by atoms with Crippen LogP contribution < -0.4 is 0 Å². The first-order chi connectivity index (χ1) is 8.49. The van der Waals surface area contributed by atoms with Gasteiger partial charge in [-0.15, -0.1) is 0 Å². The molecule has 100 valence electrons. The van der Waals surface area contributed by atoms with Gasteiger partial charge in [0.1, 0.15) is 0 Å². The zero-order valence-electron chi connectivity index (χ0n) is 12.6. The molecule has 1 aromatic rings. The molecule has 0 aromatic heterocycles. The lowest BCUT2D eigenvalue weighted by molar-refractivity contribution is 0.218. The van der Waals surface area contributed by atoms with Crippen molar-refractivity contribution in [3.63, 3.8) is 0 Å². The molecule has 1 nitrogen and oxygen atoms in total. The Morgan fingerprint density at radius 2 is 1.72 bits per heavy atom. The molecule has 0 radical (unpaired) electrons. The minimum absolute atomic E-state index is 0.344. The molecule has 1 aliphatic rings. The fourth-order valence-electron chi connectivity index (χ4n) is 3.40. The van der Waals surface area contributed by atoms with Gasteiger partial charge in [-0.2, -0.15) is 0 Å². The molecule has 1 atom stereocenters. The van der Waals surface area contributed by atoms with Crippen molar-refractivity contribution < 1.29 is 0 Å². The molecule has 1 fully saturated rings. The van der Waals surface area contributed by atoms with E-state index in [4.69, 9.17) is 0 Å². The zero-order valence-corrected chi connectivity index (χ0v) is 12.6. The van der Waals surface area contributed by atoms with Crippen LogP contribution in [0.3, 0.4) is 0 Å². The number of hydrogen-bond acceptors (Lipinski definition) is 1. The standard InChI is InChI=1S/C17H27N/c1-6-13-9-8-10-14(7-2)16(13)15-11-17(3,4)18(5)12-15/h8-10,15H,6-7,11-12H2,1-5H3. The smallest absolute Gasteiger partial charge is 0.0156 e. The Balaban J connectivity index is 2.39. The third kappa shape index (κ3) is 2.33. The fraction of sp³-hybridized carbons (Fsp3) is 0.647. The van der Waals surface area contributed by atoms with Gasteiger partial charge in [0, 0.05) is 12.1 Å². The van der Waals surface area contributed by atoms with Crippen molar-refractivity contribution >= 4 is 0 Å². The molecule has 0 aliphatic carbocycles. The molecular weight excluding hydrogens is 218 g/mol. The number of likely N-dealkylation sites (N-methyl/N-ethyl adjacent to an activating group) is 1. The predicted molar refractivity (Wildman–Crippen MR) is 79.3 cm³/mol. The van der Waals surface area contributed by atoms with E-state index >= 15 is 0 Å². The molecule has 0 spiro atoms. The number of nitrogens with zero attached hydrogens (tertiary/aromatic N) is 1. The van der Waals surface area contributed by atoms with Crippen molar-refractivity contribution in [3.8, 4) is 0 Å². The summed E-state index contributed by atoms with van der Waals surface area (Å²) in [5.41, 5.74) is 5.12. The van der Waals surface area contributed by atoms with Crippen molar-refractivity contribution in [1.29, 1.82) is 0 Å². The van der Waals surface area contributed by atoms with Gasteiger partial charge in [0.2, 0.25) is 0 Å². The monoisotopic (exact) mass is 245 g/mol. The van der Waals surface area contributed by atoms with E-state index in [2.05, 4.69) is 57.8 Å². The van der Waals surface area contributed by atoms with Crippen LogP contribution in [0.15, 0.2) is 18.2 Å². The van der Waals surface area contributed by atoms with Gasteiger partial charge in [-0.25, -0.2) is 0 Å². The van der Waals surface area contributed by atoms with Gasteiger partial charge in [0.15, 0.2) is 0 Å². The maximum Gasteiger partial charge on any atom is 0.0156 e. The molecule has 1 saturated heterocycles. The van der Waals surface area contributed by atoms with Crippen LogP contribution in [0.4, 0.5) is 0 Å². The summed E-state index contributed by atoms with van der Waals surface area (Å²) < 4.78 is 0. The minimum Gasteiger partial charge on any atom is -0.301 e. The first kappa shape index (κ1) is 13.6. The van der Waals surface area contributed by atoms with Gasteiger partial charge >= 0.3 is 0 Å². The summed E-state index contributed by atoms with van der Waals surface area (Å²) in [4.78, 5) is 2.52. The summed E-state index contributed by atoms with van der Waals surface area (Å²) in [5.74, 6) is 0.719. The number of benzene rings is 1. The van der Waals surface area contributed by atoms with Crippen molar-refractivity contribution in [1.82, 2.24) is 4.90 Å². The highest BCUT2D eigenvalue weighted by molar-refractivity contribution is 5.39. The quantitative estimate of drug-likeness (QED) is 0.778. The van der Waals surface area contributed by atoms with Crippen molar-refractivity contribution in [2.75, 3.05) is 13.6 Å². The lowest BCUT2D eigenvalue weighted by Gasteiger charge is -2.26. The Morgan fingerprint density at radius 3 is 2.11 bits per heavy atom. The van der Waals surface area contributed by atoms with E-state index in [-0.39, 0.29) is 0 Å². The van der Waals surface area contributed by atoms with Gasteiger partial charge < -0.3 is 4.90 Å². The van der Waals surface area contributed by atoms with Gasteiger partial charge in [-0.3, -0.25) is 0 Å². The normalized spacial score (nSPS) is 23.5. The summed E-state index contributed by atoms with van der Waals surface area (Å²) >= 11 is 0. The lowest BCUT2D eigenvalue weighted by Crippen LogP contribution is -2.34. The maximum atomic E-state index is 2.52. The molecule has 0 N–H and O–H groups in total. The molecular formula is C17H27N. The first-order valence-electron chi connectivity index (χ1n) is 7.31. The van der Waals surface area contributed by atoms with E-state index < -0.39 is 0 Å². The predicted octanol–water partition coefficient (Wildman–Crippen LogP) is 4.01. The largest absolute Gasteiger partial charge is 0.301 e. The Kier molecular flexibility index (Phi) is 3.82. The number of hydrogen-bond donors (Lipinski definition) is 0. The molecule has 0 saturated carbocycles. The Hall–Kier alpha value is -0.820. The third-order valence-electron chi connectivity index (χ3n) is 4.73. The Labute approximate surface area is 112 Å². The van der Waals surface area contributed by atoms with Crippen molar-refractivity contribution in [3.05, 3.63) is 34.9 Å². The Morgan fingerprint density at radius 1 is 1.17 bits per heavy atom. The minimum atomic E-state index is 0.344. The number of rotatable bonds is 3. The van der Waals surface area contributed by atoms with Gasteiger partial charge in [0.05, 0.1) is 0 Å². The molecule has 1 heterocycles. The summed E-state index contributed by atoms with van der Waals surface area (Å²) in [6, 6.07) is 6.87. The van der Waals surface area contributed by atoms with E-state index in [0.717, 1.165) is 18.8 Å². The van der Waals surface area contributed by atoms with E-state index in [0.29, 0.717) is 5.54 Å². The Bertz CT molecular complexity index is 397. The molecule has 1 aliphatic heterocycles. The van der Waals surface area contributed by atoms with Crippen molar-refractivity contribution in [2.24, 2.45) is 0 Å². The highest BCUT2D eigenvalue weighted by Crippen LogP contribution is 2.40. The van der Waals surface area contributed by atoms with Crippen LogP contribution >= 0.6 is 0 Å². The van der Waals surface area contributed by atoms with E-state index in [1.165, 1.54) is 13.0 Å². The van der Waals surface area contributed by atoms with Crippen LogP contribution in [0.2, 0.25) is 0 Å². The van der Waals surface area contributed by atoms with Crippen LogP contribution in [0.1, 0.15) is 56.7 Å². The molecule has 1 unspecified atom stereocenters. The highest BCUT2D eigenvalue weighted by Gasteiger charge is 2.37. The summed E-state index contributed by atoms with van der Waals surface area (Å²) in [6.07, 6.45) is 3.60. The van der Waals surface area contributed by atoms with E-state index in [1.807, 2.05) is 0 Å². The molecule has 2 rings (SSSR count). The van der Waals surface area contributed by atoms with Crippen LogP contribution in [0, 0.1) is 0 Å². The van der Waals surface area contributed by atoms with Crippen molar-refractivity contribution in [2.45, 2.75) is 58.4 Å². The summed E-state index contributed by atoms with van der Waals surface area (Å²) in [7, 11) is 2.26. The van der Waals surface area contributed by atoms with Gasteiger partial charge in [0.25, 0.3) is 0 Å². The van der Waals surface area contributed by atoms with E-state index in [1.54, 1.807) is 16.7 Å². The second-order valence-corrected chi connectivity index (χ2v) is 6.29. The van der Waals surface area contributed by atoms with Crippen LogP contribution in [-0.2, 0) is 12.8 Å². The summed E-state index contributed by atoms with van der Waals surface area (Å²) in [5, 5.41) is 0. The second-order valence-electron chi connectivity index (χ2n) is 6.29. The lowest BCUT2D eigenvalue weighted by atomic mass is 9.84. The SMILES string of the molecule is CCc1cccc(CC)c1C1CN(C)C(C)(C)C1. The molecule has 0 amide bonds. The van der Waals surface area contributed by atoms with Gasteiger partial charge in [-0.05, 0) is 62.8 Å². The third-order valence-corrected chi connectivity index (χ3v) is 4.73. The number of likely N-dealkylation sites (tertiary alicyclic amines) is 1. The van der Waals surface area contributed by atoms with Crippen LogP contribution in [0.5, 0.6) is 0 Å². The average Bonchev–Trinajstić information content (AvgIpc) is 2.62. The van der Waals surface area contributed by atoms with Crippen LogP contribution in [-0.4, -0.2) is 24.0 Å². The zero-order chi connectivity index (χ0) is 13.3. The number of aryl methyl sites for hydroxylation is 2. The molecule has 1 aromatic carbocycles. The molecule has 0 bridgehead atoms. The fourth-order valence-corrected chi connectivity index (χ4v) is 3.40. The molecule has 1 heteroatoms. The molecule has 18 heavy (non-hydrogen) atoms. The average molecular weight is 245 g/mol. The van der Waals surface area contributed by atoms with E-state index in [9.17, 15) is 0 Å². The summed E-state index contributed by atoms with van der Waals surface area (Å²) in [6.45, 7) is 10.5. The maximum absolute atomic E-state index is 2.52.